The number of amides is 1. The van der Waals surface area contributed by atoms with E-state index >= 15 is 0 Å². The third kappa shape index (κ3) is 5.47. The van der Waals surface area contributed by atoms with E-state index in [2.05, 4.69) is 11.2 Å². The van der Waals surface area contributed by atoms with Gasteiger partial charge >= 0.3 is 0 Å². The molecule has 0 spiro atoms. The van der Waals surface area contributed by atoms with Gasteiger partial charge in [0.05, 0.1) is 0 Å². The molecule has 0 heterocycles. The van der Waals surface area contributed by atoms with Crippen molar-refractivity contribution < 1.29 is 4.79 Å². The second-order valence-electron chi connectivity index (χ2n) is 4.37. The molecule has 15 heavy (non-hydrogen) atoms. The molecule has 1 saturated carbocycles. The number of hydrogen-bond acceptors (Lipinski definition) is 1. The first kappa shape index (κ1) is 12.1. The summed E-state index contributed by atoms with van der Waals surface area (Å²) in [6.45, 7) is 0.627. The fourth-order valence-corrected chi connectivity index (χ4v) is 2.18. The highest BCUT2D eigenvalue weighted by Crippen LogP contribution is 2.25. The van der Waals surface area contributed by atoms with E-state index in [4.69, 9.17) is 6.42 Å². The molecule has 1 rings (SSSR count). The van der Waals surface area contributed by atoms with Crippen LogP contribution in [-0.4, -0.2) is 12.5 Å². The summed E-state index contributed by atoms with van der Waals surface area (Å²) < 4.78 is 0. The zero-order valence-electron chi connectivity index (χ0n) is 9.43. The first-order chi connectivity index (χ1) is 7.33. The standard InChI is InChI=1S/C13H21NO/c1-2-3-10-14-13(15)11-12-8-6-4-5-7-9-12/h1,12H,3-11H2,(H,14,15). The van der Waals surface area contributed by atoms with Gasteiger partial charge in [0, 0.05) is 19.4 Å². The molecule has 0 unspecified atom stereocenters. The van der Waals surface area contributed by atoms with Crippen molar-refractivity contribution in [3.8, 4) is 12.3 Å². The van der Waals surface area contributed by atoms with Crippen molar-refractivity contribution in [2.45, 2.75) is 51.4 Å². The third-order valence-electron chi connectivity index (χ3n) is 3.04. The van der Waals surface area contributed by atoms with E-state index < -0.39 is 0 Å². The van der Waals surface area contributed by atoms with Crippen molar-refractivity contribution in [3.63, 3.8) is 0 Å². The Morgan fingerprint density at radius 3 is 2.53 bits per heavy atom. The van der Waals surface area contributed by atoms with Crippen LogP contribution in [0.1, 0.15) is 51.4 Å². The summed E-state index contributed by atoms with van der Waals surface area (Å²) in [5.41, 5.74) is 0. The lowest BCUT2D eigenvalue weighted by molar-refractivity contribution is -0.122. The molecule has 1 aliphatic carbocycles. The van der Waals surface area contributed by atoms with E-state index in [1.165, 1.54) is 38.5 Å². The SMILES string of the molecule is C#CCCNC(=O)CC1CCCCCC1. The van der Waals surface area contributed by atoms with Gasteiger partial charge in [-0.15, -0.1) is 12.3 Å². The van der Waals surface area contributed by atoms with Crippen molar-refractivity contribution in [1.29, 1.82) is 0 Å². The van der Waals surface area contributed by atoms with E-state index in [0.717, 1.165) is 0 Å². The molecule has 1 aliphatic rings. The number of terminal acetylenes is 1. The topological polar surface area (TPSA) is 29.1 Å². The van der Waals surface area contributed by atoms with Crippen LogP contribution in [0.15, 0.2) is 0 Å². The highest BCUT2D eigenvalue weighted by atomic mass is 16.1. The largest absolute Gasteiger partial charge is 0.355 e. The minimum absolute atomic E-state index is 0.178. The van der Waals surface area contributed by atoms with Crippen molar-refractivity contribution in [2.75, 3.05) is 6.54 Å². The first-order valence-corrected chi connectivity index (χ1v) is 6.03. The lowest BCUT2D eigenvalue weighted by Crippen LogP contribution is -2.26. The predicted molar refractivity (Wildman–Crippen MR) is 62.3 cm³/mol. The average molecular weight is 207 g/mol. The Balaban J connectivity index is 2.15. The summed E-state index contributed by atoms with van der Waals surface area (Å²) in [6.07, 6.45) is 14.2. The van der Waals surface area contributed by atoms with Crippen LogP contribution in [0.4, 0.5) is 0 Å². The summed E-state index contributed by atoms with van der Waals surface area (Å²) in [6, 6.07) is 0. The Hall–Kier alpha value is -0.970. The Bertz CT molecular complexity index is 221. The minimum atomic E-state index is 0.178. The zero-order valence-corrected chi connectivity index (χ0v) is 9.43. The van der Waals surface area contributed by atoms with E-state index in [1.54, 1.807) is 0 Å². The van der Waals surface area contributed by atoms with Crippen LogP contribution in [0.2, 0.25) is 0 Å². The van der Waals surface area contributed by atoms with Gasteiger partial charge in [0.15, 0.2) is 0 Å². The van der Waals surface area contributed by atoms with Gasteiger partial charge in [0.1, 0.15) is 0 Å². The summed E-state index contributed by atoms with van der Waals surface area (Å²) in [5, 5.41) is 2.87. The molecular formula is C13H21NO. The molecule has 0 aromatic rings. The third-order valence-corrected chi connectivity index (χ3v) is 3.04. The summed E-state index contributed by atoms with van der Waals surface area (Å²) in [5.74, 6) is 3.31. The maximum Gasteiger partial charge on any atom is 0.220 e. The second kappa shape index (κ2) is 7.34. The lowest BCUT2D eigenvalue weighted by Gasteiger charge is -2.12. The van der Waals surface area contributed by atoms with Crippen LogP contribution in [0.3, 0.4) is 0 Å². The number of nitrogens with one attached hydrogen (secondary N) is 1. The van der Waals surface area contributed by atoms with Crippen molar-refractivity contribution >= 4 is 5.91 Å². The molecular weight excluding hydrogens is 186 g/mol. The van der Waals surface area contributed by atoms with Crippen LogP contribution in [0.25, 0.3) is 0 Å². The summed E-state index contributed by atoms with van der Waals surface area (Å²) in [4.78, 5) is 11.5. The van der Waals surface area contributed by atoms with Gasteiger partial charge in [-0.25, -0.2) is 0 Å². The highest BCUT2D eigenvalue weighted by Gasteiger charge is 2.15. The summed E-state index contributed by atoms with van der Waals surface area (Å²) >= 11 is 0. The van der Waals surface area contributed by atoms with Crippen LogP contribution in [0, 0.1) is 18.3 Å². The zero-order chi connectivity index (χ0) is 10.9. The van der Waals surface area contributed by atoms with Gasteiger partial charge in [-0.1, -0.05) is 25.7 Å². The number of hydrogen-bond donors (Lipinski definition) is 1. The Morgan fingerprint density at radius 1 is 1.27 bits per heavy atom. The number of carbonyl (C=O) groups is 1. The van der Waals surface area contributed by atoms with E-state index in [0.29, 0.717) is 25.3 Å². The van der Waals surface area contributed by atoms with Crippen molar-refractivity contribution in [1.82, 2.24) is 5.32 Å². The summed E-state index contributed by atoms with van der Waals surface area (Å²) in [7, 11) is 0. The van der Waals surface area contributed by atoms with E-state index in [1.807, 2.05) is 0 Å². The number of carbonyl (C=O) groups excluding carboxylic acids is 1. The van der Waals surface area contributed by atoms with Crippen molar-refractivity contribution in [3.05, 3.63) is 0 Å². The van der Waals surface area contributed by atoms with Gasteiger partial charge < -0.3 is 5.32 Å². The monoisotopic (exact) mass is 207 g/mol. The molecule has 0 aromatic carbocycles. The van der Waals surface area contributed by atoms with Gasteiger partial charge in [0.2, 0.25) is 5.91 Å². The molecule has 1 amide bonds. The highest BCUT2D eigenvalue weighted by molar-refractivity contribution is 5.76. The molecule has 2 heteroatoms. The van der Waals surface area contributed by atoms with E-state index in [9.17, 15) is 4.79 Å². The van der Waals surface area contributed by atoms with Gasteiger partial charge in [-0.05, 0) is 18.8 Å². The molecule has 1 fully saturated rings. The fourth-order valence-electron chi connectivity index (χ4n) is 2.18. The quantitative estimate of drug-likeness (QED) is 0.428. The molecule has 1 N–H and O–H groups in total. The van der Waals surface area contributed by atoms with Gasteiger partial charge in [0.25, 0.3) is 0 Å². The molecule has 84 valence electrons. The Kier molecular flexibility index (Phi) is 5.92. The van der Waals surface area contributed by atoms with Crippen LogP contribution >= 0.6 is 0 Å². The van der Waals surface area contributed by atoms with Gasteiger partial charge in [-0.2, -0.15) is 0 Å². The second-order valence-corrected chi connectivity index (χ2v) is 4.37. The normalized spacial score (nSPS) is 17.8. The molecule has 0 bridgehead atoms. The molecule has 2 nitrogen and oxygen atoms in total. The molecule has 0 aromatic heterocycles. The van der Waals surface area contributed by atoms with Crippen LogP contribution in [-0.2, 0) is 4.79 Å². The van der Waals surface area contributed by atoms with E-state index in [-0.39, 0.29) is 5.91 Å². The smallest absolute Gasteiger partial charge is 0.220 e. The maximum atomic E-state index is 11.5. The Labute approximate surface area is 92.8 Å². The van der Waals surface area contributed by atoms with Crippen molar-refractivity contribution in [2.24, 2.45) is 5.92 Å². The van der Waals surface area contributed by atoms with Gasteiger partial charge in [-0.3, -0.25) is 4.79 Å². The average Bonchev–Trinajstić information content (AvgIpc) is 2.47. The molecule has 0 radical (unpaired) electrons. The first-order valence-electron chi connectivity index (χ1n) is 6.03. The molecule has 0 aliphatic heterocycles. The number of rotatable bonds is 4. The molecule has 0 saturated heterocycles. The lowest BCUT2D eigenvalue weighted by atomic mass is 9.96. The van der Waals surface area contributed by atoms with Crippen LogP contribution in [0.5, 0.6) is 0 Å². The molecule has 0 atom stereocenters. The predicted octanol–water partition coefficient (Wildman–Crippen LogP) is 2.49. The minimum Gasteiger partial charge on any atom is -0.355 e. The van der Waals surface area contributed by atoms with Crippen LogP contribution < -0.4 is 5.32 Å². The Morgan fingerprint density at radius 2 is 1.93 bits per heavy atom. The maximum absolute atomic E-state index is 11.5. The fraction of sp³-hybridized carbons (Fsp3) is 0.769.